The average molecular weight is 292 g/mol. The van der Waals surface area contributed by atoms with Crippen LogP contribution in [0.4, 0.5) is 4.39 Å². The molecule has 102 valence electrons. The van der Waals surface area contributed by atoms with E-state index in [1.807, 2.05) is 0 Å². The summed E-state index contributed by atoms with van der Waals surface area (Å²) in [6.45, 7) is 5.85. The Balaban J connectivity index is 2.52. The number of rotatable bonds is 7. The Labute approximate surface area is 119 Å². The van der Waals surface area contributed by atoms with Gasteiger partial charge in [0, 0.05) is 19.0 Å². The van der Waals surface area contributed by atoms with Crippen LogP contribution in [0.25, 0.3) is 0 Å². The minimum Gasteiger partial charge on any atom is -0.312 e. The number of alkyl halides is 1. The number of nitrogens with one attached hydrogen (secondary N) is 1. The lowest BCUT2D eigenvalue weighted by atomic mass is 9.84. The van der Waals surface area contributed by atoms with Crippen LogP contribution in [0.3, 0.4) is 0 Å². The number of halogens is 3. The van der Waals surface area contributed by atoms with E-state index < -0.39 is 0 Å². The summed E-state index contributed by atoms with van der Waals surface area (Å²) in [6.07, 6.45) is 2.09. The van der Waals surface area contributed by atoms with E-state index in [1.165, 1.54) is 6.07 Å². The molecule has 0 saturated carbocycles. The molecule has 1 aromatic rings. The zero-order valence-corrected chi connectivity index (χ0v) is 12.4. The van der Waals surface area contributed by atoms with E-state index in [2.05, 4.69) is 19.2 Å². The molecule has 1 rings (SSSR count). The van der Waals surface area contributed by atoms with Crippen molar-refractivity contribution in [1.82, 2.24) is 5.32 Å². The fraction of sp³-hybridized carbons (Fsp3) is 0.571. The molecule has 0 amide bonds. The van der Waals surface area contributed by atoms with E-state index in [0.29, 0.717) is 12.4 Å². The minimum atomic E-state index is -0.377. The average Bonchev–Trinajstić information content (AvgIpc) is 2.39. The maximum atomic E-state index is 13.0. The Hall–Kier alpha value is -0.310. The lowest BCUT2D eigenvalue weighted by Gasteiger charge is -2.29. The Morgan fingerprint density at radius 2 is 1.94 bits per heavy atom. The fourth-order valence-electron chi connectivity index (χ4n) is 1.86. The van der Waals surface area contributed by atoms with Crippen LogP contribution in [0.5, 0.6) is 0 Å². The van der Waals surface area contributed by atoms with Crippen molar-refractivity contribution >= 4 is 23.2 Å². The van der Waals surface area contributed by atoms with Crippen molar-refractivity contribution < 1.29 is 4.39 Å². The zero-order valence-electron chi connectivity index (χ0n) is 10.9. The van der Waals surface area contributed by atoms with Crippen molar-refractivity contribution in [1.29, 1.82) is 0 Å². The van der Waals surface area contributed by atoms with Gasteiger partial charge in [-0.25, -0.2) is 4.39 Å². The van der Waals surface area contributed by atoms with Gasteiger partial charge in [0.1, 0.15) is 5.82 Å². The molecule has 0 spiro atoms. The summed E-state index contributed by atoms with van der Waals surface area (Å²) in [5.41, 5.74) is 1.13. The van der Waals surface area contributed by atoms with Crippen LogP contribution < -0.4 is 5.32 Å². The van der Waals surface area contributed by atoms with Gasteiger partial charge in [-0.3, -0.25) is 0 Å². The standard InChI is InChI=1S/C14H20Cl2FN/c1-3-14(4-2,9-15)10-18-8-11-5-6-13(17)12(16)7-11/h5-7,18H,3-4,8-10H2,1-2H3. The van der Waals surface area contributed by atoms with Crippen LogP contribution in [0.1, 0.15) is 32.3 Å². The fourth-order valence-corrected chi connectivity index (χ4v) is 2.53. The van der Waals surface area contributed by atoms with Crippen LogP contribution in [0, 0.1) is 11.2 Å². The van der Waals surface area contributed by atoms with Gasteiger partial charge >= 0.3 is 0 Å². The number of hydrogen-bond acceptors (Lipinski definition) is 1. The Kier molecular flexibility index (Phi) is 6.40. The largest absolute Gasteiger partial charge is 0.312 e. The minimum absolute atomic E-state index is 0.144. The summed E-state index contributed by atoms with van der Waals surface area (Å²) in [7, 11) is 0. The topological polar surface area (TPSA) is 12.0 Å². The molecule has 1 aromatic carbocycles. The maximum absolute atomic E-state index is 13.0. The molecule has 0 aliphatic rings. The predicted octanol–water partition coefficient (Wildman–Crippen LogP) is 4.61. The number of hydrogen-bond donors (Lipinski definition) is 1. The van der Waals surface area contributed by atoms with Crippen molar-refractivity contribution in [3.63, 3.8) is 0 Å². The molecular formula is C14H20Cl2FN. The second-order valence-corrected chi connectivity index (χ2v) is 5.37. The third-order valence-corrected chi connectivity index (χ3v) is 4.45. The summed E-state index contributed by atoms with van der Waals surface area (Å²) in [5, 5.41) is 3.55. The summed E-state index contributed by atoms with van der Waals surface area (Å²) < 4.78 is 13.0. The molecule has 0 fully saturated rings. The molecule has 0 unspecified atom stereocenters. The van der Waals surface area contributed by atoms with Crippen molar-refractivity contribution in [2.24, 2.45) is 5.41 Å². The maximum Gasteiger partial charge on any atom is 0.141 e. The van der Waals surface area contributed by atoms with Gasteiger partial charge in [-0.1, -0.05) is 31.5 Å². The van der Waals surface area contributed by atoms with E-state index in [1.54, 1.807) is 12.1 Å². The van der Waals surface area contributed by atoms with Crippen LogP contribution in [0.15, 0.2) is 18.2 Å². The molecule has 4 heteroatoms. The van der Waals surface area contributed by atoms with E-state index in [-0.39, 0.29) is 16.3 Å². The predicted molar refractivity (Wildman–Crippen MR) is 76.9 cm³/mol. The zero-order chi connectivity index (χ0) is 13.6. The second kappa shape index (κ2) is 7.32. The van der Waals surface area contributed by atoms with Gasteiger partial charge in [0.2, 0.25) is 0 Å². The Morgan fingerprint density at radius 3 is 2.44 bits per heavy atom. The molecule has 0 aromatic heterocycles. The molecule has 1 nitrogen and oxygen atoms in total. The van der Waals surface area contributed by atoms with Crippen LogP contribution >= 0.6 is 23.2 Å². The lowest BCUT2D eigenvalue weighted by Crippen LogP contribution is -2.34. The molecule has 0 radical (unpaired) electrons. The van der Waals surface area contributed by atoms with E-state index in [4.69, 9.17) is 23.2 Å². The van der Waals surface area contributed by atoms with Gasteiger partial charge in [-0.05, 0) is 36.0 Å². The normalized spacial score (nSPS) is 11.8. The summed E-state index contributed by atoms with van der Waals surface area (Å²) in [5.74, 6) is 0.273. The van der Waals surface area contributed by atoms with Crippen molar-refractivity contribution in [3.05, 3.63) is 34.6 Å². The Morgan fingerprint density at radius 1 is 1.28 bits per heavy atom. The molecule has 1 N–H and O–H groups in total. The molecule has 18 heavy (non-hydrogen) atoms. The van der Waals surface area contributed by atoms with E-state index in [0.717, 1.165) is 24.9 Å². The first-order valence-electron chi connectivity index (χ1n) is 6.27. The quantitative estimate of drug-likeness (QED) is 0.723. The van der Waals surface area contributed by atoms with Gasteiger partial charge in [-0.15, -0.1) is 11.6 Å². The molecule has 0 heterocycles. The summed E-state index contributed by atoms with van der Waals surface area (Å²) >= 11 is 11.8. The first-order chi connectivity index (χ1) is 8.56. The molecular weight excluding hydrogens is 272 g/mol. The third kappa shape index (κ3) is 4.11. The van der Waals surface area contributed by atoms with Crippen molar-refractivity contribution in [3.8, 4) is 0 Å². The third-order valence-electron chi connectivity index (χ3n) is 3.60. The Bertz CT molecular complexity index is 370. The molecule has 0 aliphatic carbocycles. The van der Waals surface area contributed by atoms with Crippen LogP contribution in [-0.4, -0.2) is 12.4 Å². The molecule has 0 atom stereocenters. The van der Waals surface area contributed by atoms with Gasteiger partial charge in [0.15, 0.2) is 0 Å². The van der Waals surface area contributed by atoms with Crippen LogP contribution in [-0.2, 0) is 6.54 Å². The monoisotopic (exact) mass is 291 g/mol. The van der Waals surface area contributed by atoms with E-state index >= 15 is 0 Å². The summed E-state index contributed by atoms with van der Waals surface area (Å²) in [4.78, 5) is 0. The van der Waals surface area contributed by atoms with Crippen molar-refractivity contribution in [2.75, 3.05) is 12.4 Å². The van der Waals surface area contributed by atoms with Crippen molar-refractivity contribution in [2.45, 2.75) is 33.2 Å². The first kappa shape index (κ1) is 15.7. The smallest absolute Gasteiger partial charge is 0.141 e. The van der Waals surface area contributed by atoms with Gasteiger partial charge < -0.3 is 5.32 Å². The molecule has 0 saturated heterocycles. The van der Waals surface area contributed by atoms with E-state index in [9.17, 15) is 4.39 Å². The highest BCUT2D eigenvalue weighted by Crippen LogP contribution is 2.27. The highest BCUT2D eigenvalue weighted by molar-refractivity contribution is 6.30. The lowest BCUT2D eigenvalue weighted by molar-refractivity contribution is 0.286. The van der Waals surface area contributed by atoms with Gasteiger partial charge in [0.05, 0.1) is 5.02 Å². The second-order valence-electron chi connectivity index (χ2n) is 4.69. The first-order valence-corrected chi connectivity index (χ1v) is 7.18. The summed E-state index contributed by atoms with van der Waals surface area (Å²) in [6, 6.07) is 4.80. The van der Waals surface area contributed by atoms with Gasteiger partial charge in [0.25, 0.3) is 0 Å². The molecule has 0 aliphatic heterocycles. The number of benzene rings is 1. The van der Waals surface area contributed by atoms with Gasteiger partial charge in [-0.2, -0.15) is 0 Å². The SMILES string of the molecule is CCC(CC)(CCl)CNCc1ccc(F)c(Cl)c1. The highest BCUT2D eigenvalue weighted by Gasteiger charge is 2.24. The van der Waals surface area contributed by atoms with Crippen LogP contribution in [0.2, 0.25) is 5.02 Å². The molecule has 0 bridgehead atoms. The highest BCUT2D eigenvalue weighted by atomic mass is 35.5.